The van der Waals surface area contributed by atoms with Crippen molar-refractivity contribution < 1.29 is 14.7 Å². The van der Waals surface area contributed by atoms with Gasteiger partial charge in [-0.1, -0.05) is 0 Å². The Hall–Kier alpha value is -1.30. The van der Waals surface area contributed by atoms with Crippen molar-refractivity contribution in [2.24, 2.45) is 5.92 Å². The van der Waals surface area contributed by atoms with Gasteiger partial charge in [0.25, 0.3) is 0 Å². The third kappa shape index (κ3) is 2.90. The van der Waals surface area contributed by atoms with Gasteiger partial charge in [-0.2, -0.15) is 0 Å². The molecular formula is C14H23N3O3. The van der Waals surface area contributed by atoms with Crippen LogP contribution in [0.15, 0.2) is 0 Å². The first-order valence-electron chi connectivity index (χ1n) is 7.66. The van der Waals surface area contributed by atoms with Gasteiger partial charge >= 0.3 is 6.09 Å². The van der Waals surface area contributed by atoms with Crippen LogP contribution in [-0.2, 0) is 4.79 Å². The van der Waals surface area contributed by atoms with Gasteiger partial charge < -0.3 is 14.9 Å². The van der Waals surface area contributed by atoms with E-state index in [1.54, 1.807) is 0 Å². The maximum atomic E-state index is 12.6. The van der Waals surface area contributed by atoms with E-state index in [1.165, 1.54) is 17.7 Å². The number of carbonyl (C=O) groups excluding carboxylic acids is 1. The number of likely N-dealkylation sites (tertiary alicyclic amines) is 1. The molecule has 0 spiro atoms. The van der Waals surface area contributed by atoms with E-state index in [-0.39, 0.29) is 11.8 Å². The van der Waals surface area contributed by atoms with Crippen LogP contribution in [0.25, 0.3) is 0 Å². The predicted molar refractivity (Wildman–Crippen MR) is 73.5 cm³/mol. The van der Waals surface area contributed by atoms with Crippen LogP contribution in [0.1, 0.15) is 25.7 Å². The van der Waals surface area contributed by atoms with Gasteiger partial charge in [0.2, 0.25) is 5.91 Å². The molecule has 1 unspecified atom stereocenters. The third-order valence-electron chi connectivity index (χ3n) is 4.73. The van der Waals surface area contributed by atoms with Crippen LogP contribution in [0.5, 0.6) is 0 Å². The molecule has 6 heteroatoms. The number of hydrogen-bond acceptors (Lipinski definition) is 3. The summed E-state index contributed by atoms with van der Waals surface area (Å²) in [4.78, 5) is 29.1. The molecule has 0 aromatic heterocycles. The zero-order chi connectivity index (χ0) is 14.1. The minimum absolute atomic E-state index is 0.126. The van der Waals surface area contributed by atoms with E-state index in [0.717, 1.165) is 32.0 Å². The highest BCUT2D eigenvalue weighted by atomic mass is 16.4. The van der Waals surface area contributed by atoms with Crippen LogP contribution < -0.4 is 0 Å². The SMILES string of the molecule is O=C(O)N1CCN(C(=O)C2CCCN(C3CC3)C2)CC1. The highest BCUT2D eigenvalue weighted by Crippen LogP contribution is 2.31. The highest BCUT2D eigenvalue weighted by Gasteiger charge is 2.36. The van der Waals surface area contributed by atoms with Crippen molar-refractivity contribution in [1.82, 2.24) is 14.7 Å². The Morgan fingerprint density at radius 1 is 0.900 bits per heavy atom. The summed E-state index contributed by atoms with van der Waals surface area (Å²) in [5.74, 6) is 0.362. The molecule has 1 N–H and O–H groups in total. The van der Waals surface area contributed by atoms with Gasteiger partial charge in [0.1, 0.15) is 0 Å². The molecular weight excluding hydrogens is 258 g/mol. The lowest BCUT2D eigenvalue weighted by Gasteiger charge is -2.38. The second-order valence-corrected chi connectivity index (χ2v) is 6.16. The van der Waals surface area contributed by atoms with E-state index in [4.69, 9.17) is 5.11 Å². The number of carbonyl (C=O) groups is 2. The molecule has 0 aromatic carbocycles. The monoisotopic (exact) mass is 281 g/mol. The van der Waals surface area contributed by atoms with Crippen molar-refractivity contribution in [3.8, 4) is 0 Å². The van der Waals surface area contributed by atoms with Gasteiger partial charge in [-0.3, -0.25) is 9.69 Å². The first-order chi connectivity index (χ1) is 9.65. The van der Waals surface area contributed by atoms with Crippen molar-refractivity contribution in [3.05, 3.63) is 0 Å². The Kier molecular flexibility index (Phi) is 3.83. The summed E-state index contributed by atoms with van der Waals surface area (Å²) >= 11 is 0. The van der Waals surface area contributed by atoms with Crippen LogP contribution in [0.4, 0.5) is 4.79 Å². The quantitative estimate of drug-likeness (QED) is 0.808. The molecule has 0 aromatic rings. The topological polar surface area (TPSA) is 64.1 Å². The molecule has 2 amide bonds. The zero-order valence-corrected chi connectivity index (χ0v) is 11.8. The number of piperazine rings is 1. The van der Waals surface area contributed by atoms with Crippen LogP contribution >= 0.6 is 0 Å². The Balaban J connectivity index is 1.52. The molecule has 0 bridgehead atoms. The number of piperidine rings is 1. The maximum absolute atomic E-state index is 12.6. The summed E-state index contributed by atoms with van der Waals surface area (Å²) in [6, 6.07) is 0.731. The smallest absolute Gasteiger partial charge is 0.407 e. The normalized spacial score (nSPS) is 28.5. The molecule has 0 radical (unpaired) electrons. The van der Waals surface area contributed by atoms with Gasteiger partial charge in [-0.25, -0.2) is 4.79 Å². The van der Waals surface area contributed by atoms with E-state index in [9.17, 15) is 9.59 Å². The van der Waals surface area contributed by atoms with E-state index < -0.39 is 6.09 Å². The van der Waals surface area contributed by atoms with Crippen molar-refractivity contribution in [2.75, 3.05) is 39.3 Å². The number of amides is 2. The average molecular weight is 281 g/mol. The van der Waals surface area contributed by atoms with Gasteiger partial charge in [0.05, 0.1) is 5.92 Å². The molecule has 1 atom stereocenters. The molecule has 3 fully saturated rings. The lowest BCUT2D eigenvalue weighted by molar-refractivity contribution is -0.139. The minimum atomic E-state index is -0.880. The largest absolute Gasteiger partial charge is 0.465 e. The zero-order valence-electron chi connectivity index (χ0n) is 11.8. The summed E-state index contributed by atoms with van der Waals surface area (Å²) < 4.78 is 0. The van der Waals surface area contributed by atoms with Crippen LogP contribution in [0.2, 0.25) is 0 Å². The van der Waals surface area contributed by atoms with E-state index in [1.807, 2.05) is 4.90 Å². The number of carboxylic acid groups (broad SMARTS) is 1. The van der Waals surface area contributed by atoms with Crippen LogP contribution in [-0.4, -0.2) is 77.1 Å². The van der Waals surface area contributed by atoms with Gasteiger partial charge in [-0.05, 0) is 32.2 Å². The number of hydrogen-bond donors (Lipinski definition) is 1. The molecule has 3 rings (SSSR count). The van der Waals surface area contributed by atoms with E-state index in [2.05, 4.69) is 4.90 Å². The maximum Gasteiger partial charge on any atom is 0.407 e. The molecule has 112 valence electrons. The van der Waals surface area contributed by atoms with Crippen molar-refractivity contribution >= 4 is 12.0 Å². The summed E-state index contributed by atoms with van der Waals surface area (Å²) in [5, 5.41) is 8.93. The fraction of sp³-hybridized carbons (Fsp3) is 0.857. The van der Waals surface area contributed by atoms with Crippen molar-refractivity contribution in [1.29, 1.82) is 0 Å². The summed E-state index contributed by atoms with van der Waals surface area (Å²) in [7, 11) is 0. The Labute approximate surface area is 119 Å². The first-order valence-corrected chi connectivity index (χ1v) is 7.66. The van der Waals surface area contributed by atoms with Crippen LogP contribution in [0, 0.1) is 5.92 Å². The van der Waals surface area contributed by atoms with Gasteiger partial charge in [0.15, 0.2) is 0 Å². The fourth-order valence-corrected chi connectivity index (χ4v) is 3.36. The summed E-state index contributed by atoms with van der Waals surface area (Å²) in [5.41, 5.74) is 0. The predicted octanol–water partition coefficient (Wildman–Crippen LogP) is 0.683. The van der Waals surface area contributed by atoms with Crippen molar-refractivity contribution in [2.45, 2.75) is 31.7 Å². The third-order valence-corrected chi connectivity index (χ3v) is 4.73. The molecule has 2 aliphatic heterocycles. The molecule has 3 aliphatic rings. The molecule has 20 heavy (non-hydrogen) atoms. The number of rotatable bonds is 2. The van der Waals surface area contributed by atoms with E-state index in [0.29, 0.717) is 26.2 Å². The standard InChI is InChI=1S/C14H23N3O3/c18-13(15-6-8-16(9-7-15)14(19)20)11-2-1-5-17(10-11)12-3-4-12/h11-12H,1-10H2,(H,19,20). The lowest BCUT2D eigenvalue weighted by atomic mass is 9.96. The lowest BCUT2D eigenvalue weighted by Crippen LogP contribution is -2.53. The van der Waals surface area contributed by atoms with Gasteiger partial charge in [-0.15, -0.1) is 0 Å². The Bertz CT molecular complexity index is 389. The number of nitrogens with zero attached hydrogens (tertiary/aromatic N) is 3. The molecule has 2 heterocycles. The molecule has 6 nitrogen and oxygen atoms in total. The second kappa shape index (κ2) is 5.60. The minimum Gasteiger partial charge on any atom is -0.465 e. The highest BCUT2D eigenvalue weighted by molar-refractivity contribution is 5.79. The van der Waals surface area contributed by atoms with E-state index >= 15 is 0 Å². The Morgan fingerprint density at radius 3 is 2.15 bits per heavy atom. The summed E-state index contributed by atoms with van der Waals surface area (Å²) in [6.07, 6.45) is 3.80. The Morgan fingerprint density at radius 2 is 1.55 bits per heavy atom. The molecule has 1 saturated carbocycles. The fourth-order valence-electron chi connectivity index (χ4n) is 3.36. The second-order valence-electron chi connectivity index (χ2n) is 6.16. The van der Waals surface area contributed by atoms with Crippen LogP contribution in [0.3, 0.4) is 0 Å². The first kappa shape index (κ1) is 13.7. The average Bonchev–Trinajstić information content (AvgIpc) is 3.31. The molecule has 1 aliphatic carbocycles. The van der Waals surface area contributed by atoms with Crippen molar-refractivity contribution in [3.63, 3.8) is 0 Å². The summed E-state index contributed by atoms with van der Waals surface area (Å²) in [6.45, 7) is 4.03. The van der Waals surface area contributed by atoms with Gasteiger partial charge in [0, 0.05) is 38.8 Å². The molecule has 2 saturated heterocycles.